The van der Waals surface area contributed by atoms with Gasteiger partial charge in [-0.15, -0.1) is 0 Å². The molecule has 8 nitrogen and oxygen atoms in total. The lowest BCUT2D eigenvalue weighted by Gasteiger charge is -1.88. The second-order valence-electron chi connectivity index (χ2n) is 6.68. The highest BCUT2D eigenvalue weighted by Crippen LogP contribution is 1.98. The quantitative estimate of drug-likeness (QED) is 0.272. The van der Waals surface area contributed by atoms with Crippen molar-refractivity contribution in [1.29, 1.82) is 0 Å². The molecule has 4 N–H and O–H groups in total. The Hall–Kier alpha value is -5.02. The molecule has 0 heterocycles. The molecule has 0 amide bonds. The van der Waals surface area contributed by atoms with E-state index in [9.17, 15) is 19.2 Å². The Labute approximate surface area is 218 Å². The van der Waals surface area contributed by atoms with Gasteiger partial charge in [-0.25, -0.2) is 19.2 Å². The van der Waals surface area contributed by atoms with Crippen LogP contribution < -0.4 is 0 Å². The largest absolute Gasteiger partial charge is 0.478 e. The Balaban J connectivity index is 0.000000463. The molecule has 0 aliphatic heterocycles. The molecule has 188 valence electrons. The van der Waals surface area contributed by atoms with Gasteiger partial charge in [-0.3, -0.25) is 0 Å². The van der Waals surface area contributed by atoms with Crippen LogP contribution in [0.25, 0.3) is 0 Å². The van der Waals surface area contributed by atoms with Gasteiger partial charge in [0.05, 0.1) is 22.3 Å². The maximum Gasteiger partial charge on any atom is 0.335 e. The molecule has 0 aliphatic carbocycles. The van der Waals surface area contributed by atoms with Crippen LogP contribution in [-0.4, -0.2) is 55.3 Å². The third kappa shape index (κ3) is 14.1. The van der Waals surface area contributed by atoms with Crippen molar-refractivity contribution in [2.75, 3.05) is 0 Å². The predicted molar refractivity (Wildman–Crippen MR) is 139 cm³/mol. The van der Waals surface area contributed by atoms with E-state index in [1.54, 1.807) is 121 Å². The van der Waals surface area contributed by atoms with E-state index in [2.05, 4.69) is 0 Å². The van der Waals surface area contributed by atoms with Crippen LogP contribution in [0.3, 0.4) is 0 Å². The summed E-state index contributed by atoms with van der Waals surface area (Å²) in [4.78, 5) is 40.8. The molecule has 0 unspecified atom stereocenters. The fourth-order valence-corrected chi connectivity index (χ4v) is 2.32. The Morgan fingerprint density at radius 3 is 0.541 bits per heavy atom. The third-order valence-corrected chi connectivity index (χ3v) is 4.08. The van der Waals surface area contributed by atoms with Gasteiger partial charge < -0.3 is 20.4 Å². The molecule has 0 saturated heterocycles. The second-order valence-corrected chi connectivity index (χ2v) is 6.68. The van der Waals surface area contributed by atoms with E-state index < -0.39 is 23.9 Å². The van der Waals surface area contributed by atoms with E-state index in [4.69, 9.17) is 20.4 Å². The average Bonchev–Trinajstić information content (AvgIpc) is 2.92. The van der Waals surface area contributed by atoms with E-state index in [1.165, 1.54) is 0 Å². The van der Waals surface area contributed by atoms with Crippen molar-refractivity contribution >= 4 is 34.8 Å². The molecule has 4 aromatic rings. The maximum atomic E-state index is 10.2. The van der Waals surface area contributed by atoms with Crippen LogP contribution in [0.15, 0.2) is 121 Å². The molecule has 0 aromatic heterocycles. The van der Waals surface area contributed by atoms with Crippen LogP contribution in [0.1, 0.15) is 41.4 Å². The summed E-state index contributed by atoms with van der Waals surface area (Å²) >= 11 is 0. The number of rotatable bonds is 4. The molecular formula is C28H24O8Si. The highest BCUT2D eigenvalue weighted by Gasteiger charge is 1.98. The summed E-state index contributed by atoms with van der Waals surface area (Å²) in [5.41, 5.74) is 1.32. The topological polar surface area (TPSA) is 149 Å². The van der Waals surface area contributed by atoms with Gasteiger partial charge in [-0.2, -0.15) is 0 Å². The zero-order valence-electron chi connectivity index (χ0n) is 19.5. The van der Waals surface area contributed by atoms with E-state index >= 15 is 0 Å². The van der Waals surface area contributed by atoms with Gasteiger partial charge in [-0.1, -0.05) is 72.8 Å². The lowest BCUT2D eigenvalue weighted by atomic mass is 10.2. The summed E-state index contributed by atoms with van der Waals surface area (Å²) < 4.78 is 0. The van der Waals surface area contributed by atoms with Gasteiger partial charge >= 0.3 is 23.9 Å². The van der Waals surface area contributed by atoms with Gasteiger partial charge in [0.2, 0.25) is 0 Å². The molecule has 0 saturated carbocycles. The van der Waals surface area contributed by atoms with E-state index in [-0.39, 0.29) is 11.0 Å². The van der Waals surface area contributed by atoms with Crippen LogP contribution in [0, 0.1) is 0 Å². The lowest BCUT2D eigenvalue weighted by molar-refractivity contribution is 0.0686. The summed E-state index contributed by atoms with van der Waals surface area (Å²) in [6.45, 7) is 0. The zero-order chi connectivity index (χ0) is 26.8. The molecule has 0 fully saturated rings. The van der Waals surface area contributed by atoms with Crippen LogP contribution in [0.4, 0.5) is 0 Å². The van der Waals surface area contributed by atoms with Crippen molar-refractivity contribution in [3.63, 3.8) is 0 Å². The Kier molecular flexibility index (Phi) is 15.8. The average molecular weight is 517 g/mol. The summed E-state index contributed by atoms with van der Waals surface area (Å²) in [7, 11) is 0. The van der Waals surface area contributed by atoms with Gasteiger partial charge in [0, 0.05) is 11.0 Å². The normalized spacial score (nSPS) is 8.65. The minimum absolute atomic E-state index is 0. The number of hydrogen-bond acceptors (Lipinski definition) is 4. The molecular weight excluding hydrogens is 492 g/mol. The Morgan fingerprint density at radius 2 is 0.459 bits per heavy atom. The molecule has 37 heavy (non-hydrogen) atoms. The van der Waals surface area contributed by atoms with Crippen molar-refractivity contribution in [3.8, 4) is 0 Å². The molecule has 0 spiro atoms. The molecule has 0 aliphatic rings. The van der Waals surface area contributed by atoms with Crippen molar-refractivity contribution in [2.24, 2.45) is 0 Å². The standard InChI is InChI=1S/4C7H6O2.Si/c4*8-7(9)6-4-2-1-3-5-6;/h4*1-5H,(H,8,9);. The minimum Gasteiger partial charge on any atom is -0.478 e. The number of carboxylic acids is 4. The smallest absolute Gasteiger partial charge is 0.335 e. The second kappa shape index (κ2) is 18.3. The summed E-state index contributed by atoms with van der Waals surface area (Å²) in [6, 6.07) is 33.2. The first-order valence-electron chi connectivity index (χ1n) is 10.4. The number of aromatic carboxylic acids is 4. The van der Waals surface area contributed by atoms with Crippen LogP contribution in [0.2, 0.25) is 0 Å². The zero-order valence-corrected chi connectivity index (χ0v) is 20.5. The van der Waals surface area contributed by atoms with Crippen LogP contribution >= 0.6 is 0 Å². The number of carboxylic acid groups (broad SMARTS) is 4. The molecule has 9 heteroatoms. The Morgan fingerprint density at radius 1 is 0.324 bits per heavy atom. The SMILES string of the molecule is O=C(O)c1ccccc1.O=C(O)c1ccccc1.O=C(O)c1ccccc1.O=C(O)c1ccccc1.[Si]. The maximum absolute atomic E-state index is 10.2. The van der Waals surface area contributed by atoms with Crippen molar-refractivity contribution in [1.82, 2.24) is 0 Å². The molecule has 0 atom stereocenters. The fourth-order valence-electron chi connectivity index (χ4n) is 2.32. The fraction of sp³-hybridized carbons (Fsp3) is 0. The van der Waals surface area contributed by atoms with Gasteiger partial charge in [-0.05, 0) is 48.5 Å². The van der Waals surface area contributed by atoms with E-state index in [1.807, 2.05) is 0 Å². The first-order valence-corrected chi connectivity index (χ1v) is 10.4. The lowest BCUT2D eigenvalue weighted by Crippen LogP contribution is -1.93. The first kappa shape index (κ1) is 32.0. The Bertz CT molecular complexity index is 1020. The minimum atomic E-state index is -0.879. The van der Waals surface area contributed by atoms with Crippen molar-refractivity contribution in [2.45, 2.75) is 0 Å². The van der Waals surface area contributed by atoms with E-state index in [0.29, 0.717) is 22.3 Å². The van der Waals surface area contributed by atoms with Gasteiger partial charge in [0.25, 0.3) is 0 Å². The van der Waals surface area contributed by atoms with Crippen molar-refractivity contribution < 1.29 is 39.6 Å². The summed E-state index contributed by atoms with van der Waals surface area (Å²) in [5.74, 6) is -3.52. The summed E-state index contributed by atoms with van der Waals surface area (Å²) in [6.07, 6.45) is 0. The number of hydrogen-bond donors (Lipinski definition) is 4. The molecule has 4 aromatic carbocycles. The number of benzene rings is 4. The van der Waals surface area contributed by atoms with Gasteiger partial charge in [0.1, 0.15) is 0 Å². The van der Waals surface area contributed by atoms with E-state index in [0.717, 1.165) is 0 Å². The molecule has 0 bridgehead atoms. The van der Waals surface area contributed by atoms with Crippen LogP contribution in [0.5, 0.6) is 0 Å². The molecule has 4 rings (SSSR count). The predicted octanol–water partition coefficient (Wildman–Crippen LogP) is 5.16. The highest BCUT2D eigenvalue weighted by molar-refractivity contribution is 5.88. The monoisotopic (exact) mass is 516 g/mol. The van der Waals surface area contributed by atoms with Crippen molar-refractivity contribution in [3.05, 3.63) is 144 Å². The molecule has 4 radical (unpaired) electrons. The third-order valence-electron chi connectivity index (χ3n) is 4.08. The highest BCUT2D eigenvalue weighted by atomic mass is 28.1. The summed E-state index contributed by atoms with van der Waals surface area (Å²) in [5, 5.41) is 33.5. The van der Waals surface area contributed by atoms with Crippen LogP contribution in [-0.2, 0) is 0 Å². The number of carbonyl (C=O) groups is 4. The first-order chi connectivity index (χ1) is 17.2. The van der Waals surface area contributed by atoms with Gasteiger partial charge in [0.15, 0.2) is 0 Å².